The first-order valence-electron chi connectivity index (χ1n) is 6.88. The summed E-state index contributed by atoms with van der Waals surface area (Å²) in [6, 6.07) is 3.68. The second kappa shape index (κ2) is 5.23. The van der Waals surface area contributed by atoms with Gasteiger partial charge in [-0.05, 0) is 50.6 Å². The van der Waals surface area contributed by atoms with Crippen LogP contribution in [0, 0.1) is 5.92 Å². The van der Waals surface area contributed by atoms with Gasteiger partial charge in [0, 0.05) is 24.2 Å². The van der Waals surface area contributed by atoms with Crippen molar-refractivity contribution in [1.29, 1.82) is 0 Å². The number of piperidine rings is 1. The van der Waals surface area contributed by atoms with Crippen LogP contribution in [0.15, 0.2) is 23.0 Å². The molecule has 94 valence electrons. The highest BCUT2D eigenvalue weighted by Crippen LogP contribution is 2.32. The maximum atomic E-state index is 5.05. The van der Waals surface area contributed by atoms with Crippen molar-refractivity contribution in [2.24, 2.45) is 5.92 Å². The van der Waals surface area contributed by atoms with Gasteiger partial charge < -0.3 is 15.1 Å². The van der Waals surface area contributed by atoms with Crippen LogP contribution in [0.5, 0.6) is 0 Å². The molecule has 2 saturated heterocycles. The van der Waals surface area contributed by atoms with Crippen LogP contribution in [0.1, 0.15) is 37.7 Å². The largest absolute Gasteiger partial charge is 0.472 e. The van der Waals surface area contributed by atoms with Gasteiger partial charge in [0.05, 0.1) is 12.5 Å². The van der Waals surface area contributed by atoms with Gasteiger partial charge in [-0.1, -0.05) is 0 Å². The summed E-state index contributed by atoms with van der Waals surface area (Å²) in [7, 11) is 0. The van der Waals surface area contributed by atoms with Crippen LogP contribution in [0.25, 0.3) is 0 Å². The zero-order valence-corrected chi connectivity index (χ0v) is 10.3. The fourth-order valence-corrected chi connectivity index (χ4v) is 3.34. The topological polar surface area (TPSA) is 37.2 Å². The third kappa shape index (κ3) is 2.90. The maximum Gasteiger partial charge on any atom is 0.0947 e. The third-order valence-electron chi connectivity index (χ3n) is 4.21. The van der Waals surface area contributed by atoms with Crippen molar-refractivity contribution in [2.45, 2.75) is 50.7 Å². The van der Waals surface area contributed by atoms with Crippen LogP contribution < -0.4 is 10.6 Å². The van der Waals surface area contributed by atoms with Crippen LogP contribution >= 0.6 is 0 Å². The minimum Gasteiger partial charge on any atom is -0.472 e. The van der Waals surface area contributed by atoms with Crippen molar-refractivity contribution >= 4 is 0 Å². The molecule has 2 aliphatic rings. The molecule has 0 saturated carbocycles. The Morgan fingerprint density at radius 1 is 1.29 bits per heavy atom. The molecule has 17 heavy (non-hydrogen) atoms. The lowest BCUT2D eigenvalue weighted by Gasteiger charge is -2.29. The lowest BCUT2D eigenvalue weighted by atomic mass is 9.90. The highest BCUT2D eigenvalue weighted by atomic mass is 16.3. The molecule has 0 aromatic carbocycles. The number of hydrogen-bond acceptors (Lipinski definition) is 3. The molecule has 2 N–H and O–H groups in total. The van der Waals surface area contributed by atoms with Gasteiger partial charge >= 0.3 is 0 Å². The molecular formula is C14H22N2O. The minimum atomic E-state index is 0.827. The fraction of sp³-hybridized carbons (Fsp3) is 0.714. The molecule has 3 heteroatoms. The summed E-state index contributed by atoms with van der Waals surface area (Å²) in [6.45, 7) is 2.07. The normalized spacial score (nSPS) is 31.9. The zero-order valence-electron chi connectivity index (χ0n) is 10.3. The summed E-state index contributed by atoms with van der Waals surface area (Å²) in [6.07, 6.45) is 10.5. The summed E-state index contributed by atoms with van der Waals surface area (Å²) >= 11 is 0. The quantitative estimate of drug-likeness (QED) is 0.768. The molecule has 0 spiro atoms. The van der Waals surface area contributed by atoms with E-state index in [-0.39, 0.29) is 0 Å². The standard InChI is InChI=1S/C14H22N2O/c1-2-14-8-11(7-13(1)16-14)3-5-15-9-12-4-6-17-10-12/h4,6,10-11,13-16H,1-3,5,7-9H2. The molecule has 2 fully saturated rings. The number of furan rings is 1. The second-order valence-electron chi connectivity index (χ2n) is 5.57. The molecule has 0 radical (unpaired) electrons. The maximum absolute atomic E-state index is 5.05. The van der Waals surface area contributed by atoms with Crippen LogP contribution in [0.3, 0.4) is 0 Å². The van der Waals surface area contributed by atoms with E-state index in [1.165, 1.54) is 37.7 Å². The van der Waals surface area contributed by atoms with Gasteiger partial charge in [0.25, 0.3) is 0 Å². The monoisotopic (exact) mass is 234 g/mol. The Balaban J connectivity index is 1.34. The summed E-state index contributed by atoms with van der Waals surface area (Å²) in [5.41, 5.74) is 1.25. The Morgan fingerprint density at radius 3 is 2.82 bits per heavy atom. The van der Waals surface area contributed by atoms with E-state index in [1.54, 1.807) is 6.26 Å². The zero-order chi connectivity index (χ0) is 11.5. The number of fused-ring (bicyclic) bond motifs is 2. The van der Waals surface area contributed by atoms with Crippen LogP contribution in [0.2, 0.25) is 0 Å². The molecule has 3 nitrogen and oxygen atoms in total. The first kappa shape index (κ1) is 11.3. The predicted molar refractivity (Wildman–Crippen MR) is 67.7 cm³/mol. The van der Waals surface area contributed by atoms with Gasteiger partial charge in [-0.15, -0.1) is 0 Å². The van der Waals surface area contributed by atoms with Gasteiger partial charge in [-0.25, -0.2) is 0 Å². The van der Waals surface area contributed by atoms with Crippen LogP contribution in [-0.4, -0.2) is 18.6 Å². The second-order valence-corrected chi connectivity index (χ2v) is 5.57. The Labute approximate surface area is 103 Å². The average molecular weight is 234 g/mol. The SMILES string of the molecule is c1cc(CNCCC2CC3CCC(C2)N3)co1. The first-order valence-corrected chi connectivity index (χ1v) is 6.88. The first-order chi connectivity index (χ1) is 8.40. The van der Waals surface area contributed by atoms with Crippen molar-refractivity contribution in [2.75, 3.05) is 6.54 Å². The Bertz CT molecular complexity index is 324. The van der Waals surface area contributed by atoms with Crippen molar-refractivity contribution in [3.63, 3.8) is 0 Å². The van der Waals surface area contributed by atoms with Gasteiger partial charge in [-0.2, -0.15) is 0 Å². The highest BCUT2D eigenvalue weighted by Gasteiger charge is 2.32. The molecule has 1 aromatic heterocycles. The molecule has 1 aromatic rings. The average Bonchev–Trinajstić information content (AvgIpc) is 2.95. The summed E-state index contributed by atoms with van der Waals surface area (Å²) in [5.74, 6) is 0.936. The van der Waals surface area contributed by atoms with Crippen molar-refractivity contribution in [3.05, 3.63) is 24.2 Å². The van der Waals surface area contributed by atoms with E-state index in [2.05, 4.69) is 10.6 Å². The van der Waals surface area contributed by atoms with Gasteiger partial charge in [0.15, 0.2) is 0 Å². The molecule has 2 atom stereocenters. The summed E-state index contributed by atoms with van der Waals surface area (Å²) < 4.78 is 5.05. The Hall–Kier alpha value is -0.800. The van der Waals surface area contributed by atoms with E-state index in [0.29, 0.717) is 0 Å². The minimum absolute atomic E-state index is 0.827. The molecule has 2 unspecified atom stereocenters. The van der Waals surface area contributed by atoms with Gasteiger partial charge in [0.1, 0.15) is 0 Å². The van der Waals surface area contributed by atoms with E-state index in [9.17, 15) is 0 Å². The van der Waals surface area contributed by atoms with E-state index in [4.69, 9.17) is 4.42 Å². The number of hydrogen-bond donors (Lipinski definition) is 2. The molecule has 3 rings (SSSR count). The van der Waals surface area contributed by atoms with E-state index in [0.717, 1.165) is 31.1 Å². The van der Waals surface area contributed by atoms with E-state index >= 15 is 0 Å². The van der Waals surface area contributed by atoms with E-state index in [1.807, 2.05) is 12.3 Å². The summed E-state index contributed by atoms with van der Waals surface area (Å²) in [4.78, 5) is 0. The van der Waals surface area contributed by atoms with Gasteiger partial charge in [0.2, 0.25) is 0 Å². The van der Waals surface area contributed by atoms with Crippen molar-refractivity contribution in [3.8, 4) is 0 Å². The molecule has 2 aliphatic heterocycles. The van der Waals surface area contributed by atoms with Crippen LogP contribution in [0.4, 0.5) is 0 Å². The third-order valence-corrected chi connectivity index (χ3v) is 4.21. The van der Waals surface area contributed by atoms with Crippen molar-refractivity contribution in [1.82, 2.24) is 10.6 Å². The smallest absolute Gasteiger partial charge is 0.0947 e. The molecule has 3 heterocycles. The molecular weight excluding hydrogens is 212 g/mol. The van der Waals surface area contributed by atoms with Crippen molar-refractivity contribution < 1.29 is 4.42 Å². The summed E-state index contributed by atoms with van der Waals surface area (Å²) in [5, 5.41) is 7.21. The lowest BCUT2D eigenvalue weighted by Crippen LogP contribution is -2.38. The molecule has 0 aliphatic carbocycles. The molecule has 0 amide bonds. The Kier molecular flexibility index (Phi) is 3.48. The predicted octanol–water partition coefficient (Wildman–Crippen LogP) is 2.29. The lowest BCUT2D eigenvalue weighted by molar-refractivity contribution is 0.283. The molecule has 2 bridgehead atoms. The van der Waals surface area contributed by atoms with Gasteiger partial charge in [-0.3, -0.25) is 0 Å². The number of nitrogens with one attached hydrogen (secondary N) is 2. The highest BCUT2D eigenvalue weighted by molar-refractivity contribution is 5.04. The van der Waals surface area contributed by atoms with Crippen LogP contribution in [-0.2, 0) is 6.54 Å². The fourth-order valence-electron chi connectivity index (χ4n) is 3.34. The number of rotatable bonds is 5. The van der Waals surface area contributed by atoms with E-state index < -0.39 is 0 Å². The Morgan fingerprint density at radius 2 is 2.12 bits per heavy atom.